The SMILES string of the molecule is C[C@@H]1c2nnc(COc3ncccc3F)n2CCN1C(=O)CC1CC1. The van der Waals surface area contributed by atoms with Crippen LogP contribution in [0.4, 0.5) is 4.39 Å². The Morgan fingerprint density at radius 3 is 2.96 bits per heavy atom. The summed E-state index contributed by atoms with van der Waals surface area (Å²) in [4.78, 5) is 18.2. The van der Waals surface area contributed by atoms with Crippen molar-refractivity contribution in [3.05, 3.63) is 35.8 Å². The van der Waals surface area contributed by atoms with Crippen molar-refractivity contribution in [3.63, 3.8) is 0 Å². The Labute approximate surface area is 144 Å². The lowest BCUT2D eigenvalue weighted by Crippen LogP contribution is -2.41. The maximum absolute atomic E-state index is 13.6. The number of pyridine rings is 1. The molecule has 1 aliphatic carbocycles. The third kappa shape index (κ3) is 3.20. The maximum atomic E-state index is 13.6. The van der Waals surface area contributed by atoms with Gasteiger partial charge in [-0.1, -0.05) is 0 Å². The highest BCUT2D eigenvalue weighted by Crippen LogP contribution is 2.34. The van der Waals surface area contributed by atoms with Gasteiger partial charge in [-0.05, 0) is 37.8 Å². The number of ether oxygens (including phenoxy) is 1. The van der Waals surface area contributed by atoms with Crippen LogP contribution < -0.4 is 4.74 Å². The predicted octanol–water partition coefficient (Wildman–Crippen LogP) is 2.09. The summed E-state index contributed by atoms with van der Waals surface area (Å²) in [7, 11) is 0. The van der Waals surface area contributed by atoms with E-state index in [9.17, 15) is 9.18 Å². The molecule has 1 amide bonds. The first-order chi connectivity index (χ1) is 12.1. The summed E-state index contributed by atoms with van der Waals surface area (Å²) in [6.45, 7) is 3.30. The summed E-state index contributed by atoms with van der Waals surface area (Å²) in [5.74, 6) is 1.56. The minimum atomic E-state index is -0.508. The Balaban J connectivity index is 1.45. The third-order valence-corrected chi connectivity index (χ3v) is 4.80. The maximum Gasteiger partial charge on any atom is 0.250 e. The van der Waals surface area contributed by atoms with E-state index in [0.717, 1.165) is 18.7 Å². The van der Waals surface area contributed by atoms with Crippen LogP contribution in [0.1, 0.15) is 43.9 Å². The predicted molar refractivity (Wildman–Crippen MR) is 86.0 cm³/mol. The van der Waals surface area contributed by atoms with Crippen LogP contribution in [0.2, 0.25) is 0 Å². The molecule has 4 rings (SSSR count). The summed E-state index contributed by atoms with van der Waals surface area (Å²) < 4.78 is 21.0. The van der Waals surface area contributed by atoms with Gasteiger partial charge in [-0.25, -0.2) is 9.37 Å². The quantitative estimate of drug-likeness (QED) is 0.830. The molecule has 1 fully saturated rings. The lowest BCUT2D eigenvalue weighted by Gasteiger charge is -2.33. The molecule has 0 bridgehead atoms. The zero-order valence-corrected chi connectivity index (χ0v) is 14.1. The topological polar surface area (TPSA) is 73.1 Å². The lowest BCUT2D eigenvalue weighted by atomic mass is 10.1. The fraction of sp³-hybridized carbons (Fsp3) is 0.529. The first kappa shape index (κ1) is 16.0. The van der Waals surface area contributed by atoms with Gasteiger partial charge in [0.15, 0.2) is 17.5 Å². The van der Waals surface area contributed by atoms with E-state index in [2.05, 4.69) is 15.2 Å². The van der Waals surface area contributed by atoms with Crippen molar-refractivity contribution in [2.24, 2.45) is 5.92 Å². The monoisotopic (exact) mass is 345 g/mol. The molecule has 3 heterocycles. The zero-order chi connectivity index (χ0) is 17.4. The molecule has 2 aromatic heterocycles. The molecule has 1 aliphatic heterocycles. The van der Waals surface area contributed by atoms with Crippen LogP contribution in [0.3, 0.4) is 0 Å². The highest BCUT2D eigenvalue weighted by molar-refractivity contribution is 5.77. The Kier molecular flexibility index (Phi) is 4.10. The molecule has 1 atom stereocenters. The van der Waals surface area contributed by atoms with Crippen LogP contribution in [0, 0.1) is 11.7 Å². The Morgan fingerprint density at radius 2 is 2.20 bits per heavy atom. The second-order valence-corrected chi connectivity index (χ2v) is 6.62. The molecule has 2 aromatic rings. The minimum Gasteiger partial charge on any atom is -0.467 e. The largest absolute Gasteiger partial charge is 0.467 e. The molecule has 0 radical (unpaired) electrons. The Morgan fingerprint density at radius 1 is 1.36 bits per heavy atom. The molecular formula is C17H20FN5O2. The minimum absolute atomic E-state index is 0.0510. The second kappa shape index (κ2) is 6.42. The zero-order valence-electron chi connectivity index (χ0n) is 14.1. The number of halogens is 1. The molecule has 8 heteroatoms. The molecule has 25 heavy (non-hydrogen) atoms. The fourth-order valence-corrected chi connectivity index (χ4v) is 3.19. The molecule has 0 aromatic carbocycles. The highest BCUT2D eigenvalue weighted by atomic mass is 19.1. The number of carbonyl (C=O) groups excluding carboxylic acids is 1. The van der Waals surface area contributed by atoms with Gasteiger partial charge in [-0.2, -0.15) is 0 Å². The number of carbonyl (C=O) groups is 1. The van der Waals surface area contributed by atoms with Crippen molar-refractivity contribution in [2.45, 2.75) is 45.4 Å². The van der Waals surface area contributed by atoms with Crippen molar-refractivity contribution < 1.29 is 13.9 Å². The molecule has 1 saturated carbocycles. The van der Waals surface area contributed by atoms with Gasteiger partial charge in [-0.15, -0.1) is 10.2 Å². The van der Waals surface area contributed by atoms with E-state index in [-0.39, 0.29) is 24.4 Å². The van der Waals surface area contributed by atoms with Gasteiger partial charge in [0.1, 0.15) is 6.61 Å². The van der Waals surface area contributed by atoms with E-state index in [1.54, 1.807) is 0 Å². The van der Waals surface area contributed by atoms with E-state index >= 15 is 0 Å². The molecule has 2 aliphatic rings. The molecule has 0 saturated heterocycles. The number of amides is 1. The van der Waals surface area contributed by atoms with Crippen LogP contribution in [0.5, 0.6) is 5.88 Å². The summed E-state index contributed by atoms with van der Waals surface area (Å²) >= 11 is 0. The first-order valence-electron chi connectivity index (χ1n) is 8.58. The van der Waals surface area contributed by atoms with Gasteiger partial charge in [-0.3, -0.25) is 4.79 Å². The van der Waals surface area contributed by atoms with Crippen LogP contribution in [0.15, 0.2) is 18.3 Å². The number of nitrogens with zero attached hydrogens (tertiary/aromatic N) is 5. The van der Waals surface area contributed by atoms with E-state index in [1.165, 1.54) is 18.3 Å². The number of aromatic nitrogens is 4. The van der Waals surface area contributed by atoms with Gasteiger partial charge >= 0.3 is 0 Å². The van der Waals surface area contributed by atoms with Gasteiger partial charge in [0, 0.05) is 25.7 Å². The lowest BCUT2D eigenvalue weighted by molar-refractivity contribution is -0.134. The van der Waals surface area contributed by atoms with Crippen LogP contribution in [-0.2, 0) is 17.9 Å². The Hall–Kier alpha value is -2.51. The second-order valence-electron chi connectivity index (χ2n) is 6.62. The molecular weight excluding hydrogens is 325 g/mol. The number of hydrogen-bond acceptors (Lipinski definition) is 5. The van der Waals surface area contributed by atoms with E-state index < -0.39 is 5.82 Å². The standard InChI is InChI=1S/C17H20FN5O2/c1-11-16-21-20-14(10-25-17-13(18)3-2-6-19-17)23(16)8-7-22(11)15(24)9-12-4-5-12/h2-3,6,11-12H,4-5,7-10H2,1H3/t11-/m1/s1. The Bertz CT molecular complexity index is 789. The average Bonchev–Trinajstić information content (AvgIpc) is 3.31. The van der Waals surface area contributed by atoms with Crippen molar-refractivity contribution in [3.8, 4) is 5.88 Å². The van der Waals surface area contributed by atoms with Crippen molar-refractivity contribution >= 4 is 5.91 Å². The van der Waals surface area contributed by atoms with Gasteiger partial charge in [0.2, 0.25) is 5.91 Å². The normalized spacial score (nSPS) is 19.6. The molecule has 7 nitrogen and oxygen atoms in total. The first-order valence-corrected chi connectivity index (χ1v) is 8.58. The number of hydrogen-bond donors (Lipinski definition) is 0. The summed E-state index contributed by atoms with van der Waals surface area (Å²) in [6.07, 6.45) is 4.43. The summed E-state index contributed by atoms with van der Waals surface area (Å²) in [5.41, 5.74) is 0. The van der Waals surface area contributed by atoms with E-state index in [4.69, 9.17) is 4.74 Å². The van der Waals surface area contributed by atoms with Crippen molar-refractivity contribution in [2.75, 3.05) is 6.54 Å². The van der Waals surface area contributed by atoms with Gasteiger partial charge in [0.05, 0.1) is 6.04 Å². The molecule has 132 valence electrons. The van der Waals surface area contributed by atoms with Crippen molar-refractivity contribution in [1.82, 2.24) is 24.6 Å². The van der Waals surface area contributed by atoms with Gasteiger partial charge < -0.3 is 14.2 Å². The van der Waals surface area contributed by atoms with Crippen LogP contribution >= 0.6 is 0 Å². The smallest absolute Gasteiger partial charge is 0.250 e. The van der Waals surface area contributed by atoms with Gasteiger partial charge in [0.25, 0.3) is 5.88 Å². The van der Waals surface area contributed by atoms with Crippen molar-refractivity contribution in [1.29, 1.82) is 0 Å². The van der Waals surface area contributed by atoms with Crippen LogP contribution in [0.25, 0.3) is 0 Å². The summed E-state index contributed by atoms with van der Waals surface area (Å²) in [5, 5.41) is 8.38. The number of rotatable bonds is 5. The summed E-state index contributed by atoms with van der Waals surface area (Å²) in [6, 6.07) is 2.69. The molecule has 0 unspecified atom stereocenters. The van der Waals surface area contributed by atoms with E-state index in [0.29, 0.717) is 31.3 Å². The molecule has 0 spiro atoms. The highest BCUT2D eigenvalue weighted by Gasteiger charge is 2.34. The third-order valence-electron chi connectivity index (χ3n) is 4.80. The van der Waals surface area contributed by atoms with E-state index in [1.807, 2.05) is 16.4 Å². The fourth-order valence-electron chi connectivity index (χ4n) is 3.19. The number of fused-ring (bicyclic) bond motifs is 1. The van der Waals surface area contributed by atoms with Crippen LogP contribution in [-0.4, -0.2) is 37.1 Å². The average molecular weight is 345 g/mol. The molecule has 0 N–H and O–H groups in total.